The number of rotatable bonds is 4. The molecule has 0 radical (unpaired) electrons. The topological polar surface area (TPSA) is 88.8 Å². The van der Waals surface area contributed by atoms with Gasteiger partial charge in [0.05, 0.1) is 17.7 Å². The Morgan fingerprint density at radius 1 is 1.31 bits per heavy atom. The van der Waals surface area contributed by atoms with Gasteiger partial charge in [-0.1, -0.05) is 18.2 Å². The van der Waals surface area contributed by atoms with Gasteiger partial charge in [-0.05, 0) is 18.9 Å². The lowest BCUT2D eigenvalue weighted by atomic mass is 9.80. The highest BCUT2D eigenvalue weighted by Crippen LogP contribution is 2.32. The Hall–Kier alpha value is -2.67. The van der Waals surface area contributed by atoms with Crippen molar-refractivity contribution in [2.75, 3.05) is 26.8 Å². The highest BCUT2D eigenvalue weighted by atomic mass is 16.5. The molecule has 0 saturated carbocycles. The number of carbonyl (C=O) groups is 2. The first-order chi connectivity index (χ1) is 12.4. The van der Waals surface area contributed by atoms with Gasteiger partial charge >= 0.3 is 5.97 Å². The van der Waals surface area contributed by atoms with Crippen molar-refractivity contribution in [3.8, 4) is 0 Å². The average Bonchev–Trinajstić information content (AvgIpc) is 2.64. The summed E-state index contributed by atoms with van der Waals surface area (Å²) in [7, 11) is 3.12. The Labute approximate surface area is 150 Å². The van der Waals surface area contributed by atoms with Crippen molar-refractivity contribution in [1.29, 1.82) is 0 Å². The van der Waals surface area contributed by atoms with Crippen LogP contribution < -0.4 is 5.56 Å². The monoisotopic (exact) mass is 358 g/mol. The smallest absolute Gasteiger partial charge is 0.313 e. The summed E-state index contributed by atoms with van der Waals surface area (Å²) in [5.41, 5.74) is -0.410. The number of amides is 1. The normalized spacial score (nSPS) is 20.3. The van der Waals surface area contributed by atoms with E-state index in [2.05, 4.69) is 0 Å². The van der Waals surface area contributed by atoms with Crippen LogP contribution >= 0.6 is 0 Å². The summed E-state index contributed by atoms with van der Waals surface area (Å²) in [4.78, 5) is 38.7. The van der Waals surface area contributed by atoms with Crippen molar-refractivity contribution in [1.82, 2.24) is 9.47 Å². The van der Waals surface area contributed by atoms with Crippen molar-refractivity contribution in [3.05, 3.63) is 46.2 Å². The van der Waals surface area contributed by atoms with Gasteiger partial charge in [0.2, 0.25) is 0 Å². The fourth-order valence-electron chi connectivity index (χ4n) is 3.69. The Balaban J connectivity index is 2.02. The molecule has 2 heterocycles. The summed E-state index contributed by atoms with van der Waals surface area (Å²) in [6, 6.07) is 8.54. The van der Waals surface area contributed by atoms with Crippen molar-refractivity contribution < 1.29 is 19.4 Å². The van der Waals surface area contributed by atoms with Gasteiger partial charge in [0.1, 0.15) is 5.41 Å². The molecule has 1 unspecified atom stereocenters. The highest BCUT2D eigenvalue weighted by molar-refractivity contribution is 6.06. The molecule has 1 aromatic carbocycles. The van der Waals surface area contributed by atoms with Crippen LogP contribution in [0, 0.1) is 5.41 Å². The van der Waals surface area contributed by atoms with E-state index in [1.165, 1.54) is 22.6 Å². The Morgan fingerprint density at radius 3 is 2.73 bits per heavy atom. The molecule has 1 aliphatic rings. The molecular formula is C19H22N2O5. The van der Waals surface area contributed by atoms with Gasteiger partial charge in [-0.25, -0.2) is 0 Å². The first-order valence-corrected chi connectivity index (χ1v) is 8.50. The highest BCUT2D eigenvalue weighted by Gasteiger charge is 2.44. The van der Waals surface area contributed by atoms with Gasteiger partial charge in [-0.15, -0.1) is 0 Å². The van der Waals surface area contributed by atoms with Gasteiger partial charge in [-0.2, -0.15) is 0 Å². The number of carboxylic acid groups (broad SMARTS) is 1. The molecule has 138 valence electrons. The summed E-state index contributed by atoms with van der Waals surface area (Å²) in [6.07, 6.45) is 1.03. The molecule has 2 aromatic rings. The summed E-state index contributed by atoms with van der Waals surface area (Å²) in [5, 5.41) is 10.3. The molecule has 1 amide bonds. The van der Waals surface area contributed by atoms with Crippen molar-refractivity contribution in [3.63, 3.8) is 0 Å². The molecule has 0 spiro atoms. The number of methoxy groups -OCH3 is 1. The average molecular weight is 358 g/mol. The number of fused-ring (bicyclic) bond motifs is 1. The number of hydrogen-bond donors (Lipinski definition) is 1. The fraction of sp³-hybridized carbons (Fsp3) is 0.421. The molecule has 0 aliphatic carbocycles. The third kappa shape index (κ3) is 2.99. The zero-order valence-electron chi connectivity index (χ0n) is 14.9. The minimum absolute atomic E-state index is 0.0451. The minimum atomic E-state index is -1.11. The number of aliphatic carboxylic acids is 1. The van der Waals surface area contributed by atoms with Crippen LogP contribution in [-0.4, -0.2) is 53.3 Å². The first-order valence-electron chi connectivity index (χ1n) is 8.50. The molecule has 1 atom stereocenters. The van der Waals surface area contributed by atoms with Crippen molar-refractivity contribution in [2.45, 2.75) is 12.8 Å². The molecule has 1 fully saturated rings. The van der Waals surface area contributed by atoms with E-state index in [-0.39, 0.29) is 24.6 Å². The number of pyridine rings is 1. The summed E-state index contributed by atoms with van der Waals surface area (Å²) < 4.78 is 6.61. The Bertz CT molecular complexity index is 916. The van der Waals surface area contributed by atoms with Crippen LogP contribution in [0.25, 0.3) is 10.9 Å². The molecule has 0 bridgehead atoms. The summed E-state index contributed by atoms with van der Waals surface area (Å²) >= 11 is 0. The lowest BCUT2D eigenvalue weighted by molar-refractivity contribution is -0.155. The second-order valence-electron chi connectivity index (χ2n) is 6.82. The van der Waals surface area contributed by atoms with Crippen LogP contribution in [0.1, 0.15) is 23.2 Å². The van der Waals surface area contributed by atoms with E-state index in [4.69, 9.17) is 4.74 Å². The number of carbonyl (C=O) groups excluding carboxylic acids is 1. The van der Waals surface area contributed by atoms with Crippen LogP contribution in [-0.2, 0) is 16.6 Å². The predicted octanol–water partition coefficient (Wildman–Crippen LogP) is 1.49. The molecule has 7 nitrogen and oxygen atoms in total. The Kier molecular flexibility index (Phi) is 4.82. The van der Waals surface area contributed by atoms with Gasteiger partial charge in [0.25, 0.3) is 11.5 Å². The van der Waals surface area contributed by atoms with Crippen LogP contribution in [0.4, 0.5) is 0 Å². The fourth-order valence-corrected chi connectivity index (χ4v) is 3.69. The SMILES string of the molecule is COCC1(C(=O)O)CCCN(C(=O)c2cc(=O)n(C)c3ccccc23)C1. The van der Waals surface area contributed by atoms with E-state index in [1.807, 2.05) is 12.1 Å². The number of ether oxygens (including phenoxy) is 1. The molecule has 1 aliphatic heterocycles. The molecule has 1 aromatic heterocycles. The van der Waals surface area contributed by atoms with Crippen LogP contribution in [0.2, 0.25) is 0 Å². The van der Waals surface area contributed by atoms with E-state index < -0.39 is 11.4 Å². The maximum atomic E-state index is 13.1. The second kappa shape index (κ2) is 6.92. The van der Waals surface area contributed by atoms with Gasteiger partial charge < -0.3 is 19.3 Å². The molecule has 26 heavy (non-hydrogen) atoms. The van der Waals surface area contributed by atoms with E-state index in [0.29, 0.717) is 35.9 Å². The van der Waals surface area contributed by atoms with E-state index >= 15 is 0 Å². The molecular weight excluding hydrogens is 336 g/mol. The lowest BCUT2D eigenvalue weighted by Crippen LogP contribution is -2.52. The Morgan fingerprint density at radius 2 is 2.04 bits per heavy atom. The van der Waals surface area contributed by atoms with E-state index in [0.717, 1.165) is 0 Å². The number of likely N-dealkylation sites (tertiary alicyclic amines) is 1. The number of carboxylic acids is 1. The number of benzene rings is 1. The maximum Gasteiger partial charge on any atom is 0.313 e. The third-order valence-electron chi connectivity index (χ3n) is 5.12. The third-order valence-corrected chi connectivity index (χ3v) is 5.12. The molecule has 7 heteroatoms. The van der Waals surface area contributed by atoms with Crippen molar-refractivity contribution >= 4 is 22.8 Å². The van der Waals surface area contributed by atoms with Crippen molar-refractivity contribution in [2.24, 2.45) is 12.5 Å². The summed E-state index contributed by atoms with van der Waals surface area (Å²) in [5.74, 6) is -1.29. The van der Waals surface area contributed by atoms with Gasteiger partial charge in [-0.3, -0.25) is 14.4 Å². The number of aromatic nitrogens is 1. The van der Waals surface area contributed by atoms with Gasteiger partial charge in [0.15, 0.2) is 0 Å². The van der Waals surface area contributed by atoms with Crippen LogP contribution in [0.3, 0.4) is 0 Å². The maximum absolute atomic E-state index is 13.1. The summed E-state index contributed by atoms with van der Waals surface area (Å²) in [6.45, 7) is 0.572. The van der Waals surface area contributed by atoms with E-state index in [1.54, 1.807) is 19.2 Å². The van der Waals surface area contributed by atoms with Crippen LogP contribution in [0.15, 0.2) is 35.1 Å². The molecule has 1 N–H and O–H groups in total. The molecule has 1 saturated heterocycles. The van der Waals surface area contributed by atoms with Gasteiger partial charge in [0, 0.05) is 38.7 Å². The second-order valence-corrected chi connectivity index (χ2v) is 6.82. The number of hydrogen-bond acceptors (Lipinski definition) is 4. The lowest BCUT2D eigenvalue weighted by Gasteiger charge is -2.39. The number of nitrogens with zero attached hydrogens (tertiary/aromatic N) is 2. The standard InChI is InChI=1S/C19H22N2O5/c1-20-15-7-4-3-6-13(15)14(10-16(20)22)17(23)21-9-5-8-19(11-21,12-26-2)18(24)25/h3-4,6-7,10H,5,8-9,11-12H2,1-2H3,(H,24,25). The number of para-hydroxylation sites is 1. The minimum Gasteiger partial charge on any atom is -0.481 e. The largest absolute Gasteiger partial charge is 0.481 e. The number of piperidine rings is 1. The molecule has 3 rings (SSSR count). The predicted molar refractivity (Wildman–Crippen MR) is 96.3 cm³/mol. The number of aryl methyl sites for hydroxylation is 1. The van der Waals surface area contributed by atoms with E-state index in [9.17, 15) is 19.5 Å². The first kappa shape index (κ1) is 18.1. The van der Waals surface area contributed by atoms with Crippen LogP contribution in [0.5, 0.6) is 0 Å². The zero-order chi connectivity index (χ0) is 18.9. The zero-order valence-corrected chi connectivity index (χ0v) is 14.9. The quantitative estimate of drug-likeness (QED) is 0.895.